The first-order valence-corrected chi connectivity index (χ1v) is 9.24. The van der Waals surface area contributed by atoms with Crippen LogP contribution in [-0.4, -0.2) is 43.7 Å². The molecule has 0 unspecified atom stereocenters. The average Bonchev–Trinajstić information content (AvgIpc) is 2.94. The van der Waals surface area contributed by atoms with E-state index in [2.05, 4.69) is 25.9 Å². The number of aliphatic imine (C=N–C) groups is 1. The summed E-state index contributed by atoms with van der Waals surface area (Å²) in [5, 5.41) is 9.08. The molecule has 0 atom stereocenters. The highest BCUT2D eigenvalue weighted by atomic mass is 127. The number of nitrogens with zero attached hydrogens (tertiary/aromatic N) is 2. The molecule has 0 bridgehead atoms. The maximum atomic E-state index is 12.0. The number of nitrogens with one attached hydrogen (secondary N) is 3. The van der Waals surface area contributed by atoms with Gasteiger partial charge in [0, 0.05) is 44.4 Å². The lowest BCUT2D eigenvalue weighted by Gasteiger charge is -2.14. The highest BCUT2D eigenvalue weighted by Gasteiger charge is 2.11. The average molecular weight is 511 g/mol. The number of aromatic nitrogens is 1. The van der Waals surface area contributed by atoms with Gasteiger partial charge in [0.1, 0.15) is 5.82 Å². The molecular formula is C20H26IN5O3. The maximum Gasteiger partial charge on any atom is 0.227 e. The van der Waals surface area contributed by atoms with Crippen LogP contribution in [0.25, 0.3) is 0 Å². The Labute approximate surface area is 187 Å². The molecule has 1 aliphatic heterocycles. The number of anilines is 2. The molecule has 29 heavy (non-hydrogen) atoms. The van der Waals surface area contributed by atoms with Gasteiger partial charge in [-0.25, -0.2) is 4.98 Å². The Kier molecular flexibility index (Phi) is 8.97. The molecule has 3 N–H and O–H groups in total. The molecule has 0 saturated heterocycles. The number of aryl methyl sites for hydroxylation is 1. The Hall–Kier alpha value is -2.56. The van der Waals surface area contributed by atoms with Crippen LogP contribution >= 0.6 is 24.0 Å². The summed E-state index contributed by atoms with van der Waals surface area (Å²) in [5.74, 6) is 2.45. The smallest absolute Gasteiger partial charge is 0.227 e. The Morgan fingerprint density at radius 2 is 1.93 bits per heavy atom. The van der Waals surface area contributed by atoms with Crippen LogP contribution in [0, 0.1) is 6.92 Å². The molecule has 0 saturated carbocycles. The highest BCUT2D eigenvalue weighted by Crippen LogP contribution is 2.32. The number of carbonyl (C=O) groups excluding carboxylic acids is 1. The van der Waals surface area contributed by atoms with Crippen LogP contribution < -0.4 is 25.4 Å². The second-order valence-corrected chi connectivity index (χ2v) is 6.35. The van der Waals surface area contributed by atoms with E-state index in [0.29, 0.717) is 37.3 Å². The van der Waals surface area contributed by atoms with Crippen LogP contribution in [0.1, 0.15) is 18.4 Å². The molecule has 1 aromatic carbocycles. The largest absolute Gasteiger partial charge is 0.490 e. The number of benzene rings is 1. The van der Waals surface area contributed by atoms with Crippen molar-refractivity contribution in [1.82, 2.24) is 10.3 Å². The quantitative estimate of drug-likeness (QED) is 0.324. The van der Waals surface area contributed by atoms with Crippen LogP contribution in [0.4, 0.5) is 11.5 Å². The molecule has 1 amide bonds. The zero-order valence-electron chi connectivity index (χ0n) is 16.5. The molecule has 2 aromatic rings. The number of rotatable bonds is 5. The third kappa shape index (κ3) is 7.08. The van der Waals surface area contributed by atoms with Crippen molar-refractivity contribution in [2.24, 2.45) is 4.99 Å². The molecule has 2 heterocycles. The summed E-state index contributed by atoms with van der Waals surface area (Å²) in [5.41, 5.74) is 1.87. The van der Waals surface area contributed by atoms with Gasteiger partial charge < -0.3 is 25.4 Å². The summed E-state index contributed by atoms with van der Waals surface area (Å²) in [7, 11) is 1.68. The second-order valence-electron chi connectivity index (χ2n) is 6.35. The zero-order valence-corrected chi connectivity index (χ0v) is 18.9. The minimum atomic E-state index is -0.116. The summed E-state index contributed by atoms with van der Waals surface area (Å²) in [6.07, 6.45) is 2.87. The van der Waals surface area contributed by atoms with E-state index in [1.165, 1.54) is 0 Å². The standard InChI is InChI=1S/C20H25N5O3.HI/c1-14-4-7-18(23-13-14)25-19(26)8-9-22-20(21-2)24-15-5-6-16-17(12-15)28-11-3-10-27-16;/h4-7,12-13H,3,8-11H2,1-2H3,(H2,21,22,24)(H,23,25,26);1H. The van der Waals surface area contributed by atoms with Crippen molar-refractivity contribution >= 4 is 47.3 Å². The van der Waals surface area contributed by atoms with Gasteiger partial charge in [0.25, 0.3) is 0 Å². The number of halogens is 1. The van der Waals surface area contributed by atoms with Crippen molar-refractivity contribution in [3.8, 4) is 11.5 Å². The van der Waals surface area contributed by atoms with Gasteiger partial charge in [0.05, 0.1) is 13.2 Å². The van der Waals surface area contributed by atoms with Gasteiger partial charge in [-0.15, -0.1) is 24.0 Å². The summed E-state index contributed by atoms with van der Waals surface area (Å²) in [6, 6.07) is 9.34. The SMILES string of the molecule is CN=C(NCCC(=O)Nc1ccc(C)cn1)Nc1ccc2c(c1)OCCCO2.I. The molecule has 0 aliphatic carbocycles. The number of carbonyl (C=O) groups is 1. The molecule has 8 nitrogen and oxygen atoms in total. The monoisotopic (exact) mass is 511 g/mol. The van der Waals surface area contributed by atoms with Gasteiger partial charge in [-0.1, -0.05) is 6.07 Å². The van der Waals surface area contributed by atoms with Crippen molar-refractivity contribution in [2.45, 2.75) is 19.8 Å². The molecule has 9 heteroatoms. The number of amides is 1. The minimum Gasteiger partial charge on any atom is -0.490 e. The summed E-state index contributed by atoms with van der Waals surface area (Å²) < 4.78 is 11.3. The van der Waals surface area contributed by atoms with Crippen molar-refractivity contribution in [2.75, 3.05) is 37.4 Å². The first-order chi connectivity index (χ1) is 13.6. The van der Waals surface area contributed by atoms with E-state index in [1.807, 2.05) is 31.2 Å². The van der Waals surface area contributed by atoms with Crippen molar-refractivity contribution in [1.29, 1.82) is 0 Å². The van der Waals surface area contributed by atoms with Crippen molar-refractivity contribution in [3.05, 3.63) is 42.1 Å². The number of pyridine rings is 1. The normalized spacial score (nSPS) is 13.0. The summed E-state index contributed by atoms with van der Waals surface area (Å²) in [6.45, 7) is 3.67. The first-order valence-electron chi connectivity index (χ1n) is 9.24. The number of fused-ring (bicyclic) bond motifs is 1. The first kappa shape index (κ1) is 22.7. The second kappa shape index (κ2) is 11.4. The predicted molar refractivity (Wildman–Crippen MR) is 125 cm³/mol. The van der Waals surface area contributed by atoms with Gasteiger partial charge in [-0.3, -0.25) is 9.79 Å². The van der Waals surface area contributed by atoms with Crippen LogP contribution in [-0.2, 0) is 4.79 Å². The predicted octanol–water partition coefficient (Wildman–Crippen LogP) is 3.19. The summed E-state index contributed by atoms with van der Waals surface area (Å²) in [4.78, 5) is 20.4. The van der Waals surface area contributed by atoms with Gasteiger partial charge in [0.15, 0.2) is 17.5 Å². The van der Waals surface area contributed by atoms with Crippen molar-refractivity contribution < 1.29 is 14.3 Å². The molecule has 0 fully saturated rings. The molecule has 1 aliphatic rings. The Morgan fingerprint density at radius 3 is 2.66 bits per heavy atom. The van der Waals surface area contributed by atoms with E-state index in [-0.39, 0.29) is 36.3 Å². The molecule has 0 spiro atoms. The molecule has 3 rings (SSSR count). The van der Waals surface area contributed by atoms with Crippen LogP contribution in [0.5, 0.6) is 11.5 Å². The fraction of sp³-hybridized carbons (Fsp3) is 0.350. The Morgan fingerprint density at radius 1 is 1.14 bits per heavy atom. The lowest BCUT2D eigenvalue weighted by atomic mass is 10.2. The highest BCUT2D eigenvalue weighted by molar-refractivity contribution is 14.0. The third-order valence-corrected chi connectivity index (χ3v) is 4.06. The fourth-order valence-electron chi connectivity index (χ4n) is 2.60. The third-order valence-electron chi connectivity index (χ3n) is 4.06. The van der Waals surface area contributed by atoms with E-state index in [1.54, 1.807) is 19.3 Å². The van der Waals surface area contributed by atoms with Crippen molar-refractivity contribution in [3.63, 3.8) is 0 Å². The van der Waals surface area contributed by atoms with E-state index < -0.39 is 0 Å². The van der Waals surface area contributed by atoms with E-state index >= 15 is 0 Å². The Bertz CT molecular complexity index is 843. The van der Waals surface area contributed by atoms with Gasteiger partial charge in [-0.2, -0.15) is 0 Å². The molecule has 1 aromatic heterocycles. The number of hydrogen-bond acceptors (Lipinski definition) is 5. The molecular weight excluding hydrogens is 485 g/mol. The molecule has 156 valence electrons. The Balaban J connectivity index is 0.00000300. The van der Waals surface area contributed by atoms with Crippen LogP contribution in [0.15, 0.2) is 41.5 Å². The van der Waals surface area contributed by atoms with Gasteiger partial charge >= 0.3 is 0 Å². The summed E-state index contributed by atoms with van der Waals surface area (Å²) >= 11 is 0. The molecule has 0 radical (unpaired) electrons. The minimum absolute atomic E-state index is 0. The number of guanidine groups is 1. The maximum absolute atomic E-state index is 12.0. The lowest BCUT2D eigenvalue weighted by molar-refractivity contribution is -0.116. The fourth-order valence-corrected chi connectivity index (χ4v) is 2.60. The van der Waals surface area contributed by atoms with E-state index in [4.69, 9.17) is 9.47 Å². The lowest BCUT2D eigenvalue weighted by Crippen LogP contribution is -2.33. The van der Waals surface area contributed by atoms with Crippen LogP contribution in [0.3, 0.4) is 0 Å². The van der Waals surface area contributed by atoms with Gasteiger partial charge in [-0.05, 0) is 30.7 Å². The van der Waals surface area contributed by atoms with E-state index in [9.17, 15) is 4.79 Å². The number of ether oxygens (including phenoxy) is 2. The number of hydrogen-bond donors (Lipinski definition) is 3. The van der Waals surface area contributed by atoms with Gasteiger partial charge in [0.2, 0.25) is 5.91 Å². The van der Waals surface area contributed by atoms with Crippen LogP contribution in [0.2, 0.25) is 0 Å². The topological polar surface area (TPSA) is 96.9 Å². The zero-order chi connectivity index (χ0) is 19.8. The van der Waals surface area contributed by atoms with E-state index in [0.717, 1.165) is 23.4 Å².